The first-order valence-electron chi connectivity index (χ1n) is 9.38. The first-order chi connectivity index (χ1) is 13.4. The molecule has 3 heterocycles. The Labute approximate surface area is 161 Å². The number of carboxylic acids is 1. The Balaban J connectivity index is 2.18. The first-order valence-corrected chi connectivity index (χ1v) is 9.38. The van der Waals surface area contributed by atoms with Crippen LogP contribution in [0.1, 0.15) is 43.6 Å². The average molecular weight is 378 g/mol. The highest BCUT2D eigenvalue weighted by Gasteiger charge is 2.23. The lowest BCUT2D eigenvalue weighted by Gasteiger charge is -2.16. The molecule has 3 aromatic heterocycles. The number of carbonyl (C=O) groups is 1. The highest BCUT2D eigenvalue weighted by molar-refractivity contribution is 6.15. The van der Waals surface area contributed by atoms with Crippen molar-refractivity contribution in [2.75, 3.05) is 0 Å². The Morgan fingerprint density at radius 1 is 1.21 bits per heavy atom. The van der Waals surface area contributed by atoms with E-state index >= 15 is 0 Å². The number of para-hydroxylation sites is 1. The number of rotatable bonds is 5. The van der Waals surface area contributed by atoms with E-state index in [1.165, 1.54) is 6.20 Å². The van der Waals surface area contributed by atoms with Crippen LogP contribution in [0.5, 0.6) is 0 Å². The van der Waals surface area contributed by atoms with Crippen LogP contribution in [-0.2, 0) is 6.54 Å². The van der Waals surface area contributed by atoms with E-state index in [0.29, 0.717) is 16.6 Å². The minimum atomic E-state index is -1.06. The number of aromatic nitrogens is 4. The van der Waals surface area contributed by atoms with Gasteiger partial charge in [-0.05, 0) is 26.3 Å². The number of hydrogen-bond donors (Lipinski definition) is 1. The van der Waals surface area contributed by atoms with Gasteiger partial charge >= 0.3 is 5.97 Å². The Hall–Kier alpha value is -3.35. The van der Waals surface area contributed by atoms with Gasteiger partial charge in [-0.2, -0.15) is 5.10 Å². The first kappa shape index (κ1) is 18.0. The molecule has 1 N–H and O–H groups in total. The summed E-state index contributed by atoms with van der Waals surface area (Å²) in [6.45, 7) is 6.71. The average Bonchev–Trinajstić information content (AvgIpc) is 3.27. The molecule has 7 nitrogen and oxygen atoms in total. The second-order valence-corrected chi connectivity index (χ2v) is 7.19. The van der Waals surface area contributed by atoms with E-state index < -0.39 is 5.97 Å². The summed E-state index contributed by atoms with van der Waals surface area (Å²) in [5.41, 5.74) is 1.67. The van der Waals surface area contributed by atoms with Crippen molar-refractivity contribution in [2.45, 2.75) is 39.8 Å². The number of carboxylic acid groups (broad SMARTS) is 1. The van der Waals surface area contributed by atoms with Crippen LogP contribution in [0, 0.1) is 0 Å². The zero-order chi connectivity index (χ0) is 20.0. The summed E-state index contributed by atoms with van der Waals surface area (Å²) in [5, 5.41) is 15.4. The predicted molar refractivity (Wildman–Crippen MR) is 108 cm³/mol. The summed E-state index contributed by atoms with van der Waals surface area (Å²) in [5.74, 6) is -1.06. The van der Waals surface area contributed by atoms with Gasteiger partial charge in [-0.3, -0.25) is 9.48 Å². The van der Waals surface area contributed by atoms with Crippen LogP contribution in [0.4, 0.5) is 0 Å². The molecule has 0 fully saturated rings. The fourth-order valence-corrected chi connectivity index (χ4v) is 3.81. The minimum absolute atomic E-state index is 0.0683. The number of nitrogens with zero attached hydrogens (tertiary/aromatic N) is 4. The molecule has 0 saturated heterocycles. The van der Waals surface area contributed by atoms with Gasteiger partial charge in [-0.15, -0.1) is 0 Å². The smallest absolute Gasteiger partial charge is 0.337 e. The lowest BCUT2D eigenvalue weighted by molar-refractivity contribution is 0.0699. The summed E-state index contributed by atoms with van der Waals surface area (Å²) in [6, 6.07) is 7.38. The zero-order valence-corrected chi connectivity index (χ0v) is 16.1. The molecule has 4 aromatic rings. The van der Waals surface area contributed by atoms with Crippen LogP contribution in [-0.4, -0.2) is 30.0 Å². The van der Waals surface area contributed by atoms with Gasteiger partial charge < -0.3 is 14.2 Å². The van der Waals surface area contributed by atoms with Gasteiger partial charge in [0.05, 0.1) is 23.0 Å². The molecule has 1 aromatic carbocycles. The molecule has 0 aliphatic carbocycles. The molecule has 0 spiro atoms. The molecule has 0 saturated carbocycles. The molecule has 0 aliphatic rings. The number of pyridine rings is 1. The molecular weight excluding hydrogens is 356 g/mol. The van der Waals surface area contributed by atoms with Crippen LogP contribution < -0.4 is 5.56 Å². The van der Waals surface area contributed by atoms with Gasteiger partial charge in [0, 0.05) is 35.8 Å². The summed E-state index contributed by atoms with van der Waals surface area (Å²) < 4.78 is 5.17. The summed E-state index contributed by atoms with van der Waals surface area (Å²) >= 11 is 0. The van der Waals surface area contributed by atoms with Crippen molar-refractivity contribution in [1.82, 2.24) is 18.9 Å². The van der Waals surface area contributed by atoms with Crippen molar-refractivity contribution in [3.63, 3.8) is 0 Å². The molecule has 7 heteroatoms. The molecular formula is C21H22N4O3. The highest BCUT2D eigenvalue weighted by atomic mass is 16.4. The molecule has 0 unspecified atom stereocenters. The number of hydrogen-bond acceptors (Lipinski definition) is 3. The third-order valence-electron chi connectivity index (χ3n) is 4.96. The van der Waals surface area contributed by atoms with E-state index in [1.807, 2.05) is 44.3 Å². The Kier molecular flexibility index (Phi) is 4.30. The van der Waals surface area contributed by atoms with Crippen LogP contribution in [0.15, 0.2) is 47.7 Å². The van der Waals surface area contributed by atoms with Gasteiger partial charge in [-0.1, -0.05) is 25.1 Å². The third kappa shape index (κ3) is 2.62. The van der Waals surface area contributed by atoms with Crippen molar-refractivity contribution in [2.24, 2.45) is 0 Å². The Bertz CT molecular complexity index is 1260. The number of aryl methyl sites for hydroxylation is 1. The van der Waals surface area contributed by atoms with Gasteiger partial charge in [0.2, 0.25) is 0 Å². The minimum Gasteiger partial charge on any atom is -0.478 e. The van der Waals surface area contributed by atoms with Crippen LogP contribution >= 0.6 is 0 Å². The standard InChI is InChI=1S/C21H22N4O3/c1-4-9-23-11-14(10-22-23)24-12-16(21(27)28)18-15-7-5-6-8-17(15)25(13(2)3)20(26)19(18)24/h5-8,10-13H,4,9H2,1-3H3,(H,27,28). The summed E-state index contributed by atoms with van der Waals surface area (Å²) in [6.07, 6.45) is 5.95. The highest BCUT2D eigenvalue weighted by Crippen LogP contribution is 2.30. The van der Waals surface area contributed by atoms with Crippen LogP contribution in [0.25, 0.3) is 27.5 Å². The van der Waals surface area contributed by atoms with Crippen molar-refractivity contribution in [1.29, 1.82) is 0 Å². The van der Waals surface area contributed by atoms with E-state index in [4.69, 9.17) is 0 Å². The molecule has 0 atom stereocenters. The maximum absolute atomic E-state index is 13.5. The van der Waals surface area contributed by atoms with E-state index in [9.17, 15) is 14.7 Å². The third-order valence-corrected chi connectivity index (χ3v) is 4.96. The van der Waals surface area contributed by atoms with E-state index in [2.05, 4.69) is 12.0 Å². The Morgan fingerprint density at radius 2 is 1.96 bits per heavy atom. The van der Waals surface area contributed by atoms with Crippen molar-refractivity contribution >= 4 is 27.8 Å². The summed E-state index contributed by atoms with van der Waals surface area (Å²) in [7, 11) is 0. The molecule has 0 amide bonds. The van der Waals surface area contributed by atoms with Gasteiger partial charge in [0.15, 0.2) is 0 Å². The van der Waals surface area contributed by atoms with E-state index in [0.717, 1.165) is 23.9 Å². The topological polar surface area (TPSA) is 82.0 Å². The number of fused-ring (bicyclic) bond motifs is 3. The molecule has 0 radical (unpaired) electrons. The van der Waals surface area contributed by atoms with E-state index in [1.54, 1.807) is 20.0 Å². The van der Waals surface area contributed by atoms with Crippen molar-refractivity contribution in [3.8, 4) is 5.69 Å². The second-order valence-electron chi connectivity index (χ2n) is 7.19. The SMILES string of the molecule is CCCn1cc(-n2cc(C(=O)O)c3c4ccccc4n(C(C)C)c(=O)c32)cn1. The van der Waals surface area contributed by atoms with Crippen molar-refractivity contribution in [3.05, 3.63) is 58.8 Å². The molecule has 0 aliphatic heterocycles. The monoisotopic (exact) mass is 378 g/mol. The van der Waals surface area contributed by atoms with Crippen molar-refractivity contribution < 1.29 is 9.90 Å². The second kappa shape index (κ2) is 6.67. The van der Waals surface area contributed by atoms with E-state index in [-0.39, 0.29) is 17.2 Å². The number of aromatic carboxylic acids is 1. The summed E-state index contributed by atoms with van der Waals surface area (Å²) in [4.78, 5) is 25.5. The van der Waals surface area contributed by atoms with Gasteiger partial charge in [0.1, 0.15) is 5.52 Å². The quantitative estimate of drug-likeness (QED) is 0.572. The maximum Gasteiger partial charge on any atom is 0.337 e. The molecule has 28 heavy (non-hydrogen) atoms. The molecule has 0 bridgehead atoms. The number of benzene rings is 1. The molecule has 144 valence electrons. The van der Waals surface area contributed by atoms with Crippen LogP contribution in [0.3, 0.4) is 0 Å². The molecule has 4 rings (SSSR count). The fourth-order valence-electron chi connectivity index (χ4n) is 3.81. The largest absolute Gasteiger partial charge is 0.478 e. The lowest BCUT2D eigenvalue weighted by atomic mass is 10.1. The van der Waals surface area contributed by atoms with Crippen LogP contribution in [0.2, 0.25) is 0 Å². The lowest BCUT2D eigenvalue weighted by Crippen LogP contribution is -2.24. The zero-order valence-electron chi connectivity index (χ0n) is 16.1. The fraction of sp³-hybridized carbons (Fsp3) is 0.286. The predicted octanol–water partition coefficient (Wildman–Crippen LogP) is 3.83. The van der Waals surface area contributed by atoms with Gasteiger partial charge in [0.25, 0.3) is 5.56 Å². The van der Waals surface area contributed by atoms with Gasteiger partial charge in [-0.25, -0.2) is 4.79 Å². The normalized spacial score (nSPS) is 11.7. The maximum atomic E-state index is 13.5. The Morgan fingerprint density at radius 3 is 2.64 bits per heavy atom.